The van der Waals surface area contributed by atoms with Gasteiger partial charge >= 0.3 is 0 Å². The lowest BCUT2D eigenvalue weighted by Gasteiger charge is -2.23. The van der Waals surface area contributed by atoms with Crippen LogP contribution in [0, 0.1) is 6.92 Å². The first-order valence-corrected chi connectivity index (χ1v) is 9.96. The molecule has 5 N–H and O–H groups in total. The molecule has 152 valence electrons. The molecule has 3 aromatic heterocycles. The number of aliphatic hydroxyl groups is 2. The first-order valence-electron chi connectivity index (χ1n) is 9.96. The maximum absolute atomic E-state index is 10.1. The molecule has 7 nitrogen and oxygen atoms in total. The van der Waals surface area contributed by atoms with Gasteiger partial charge in [0.05, 0.1) is 5.52 Å². The molecule has 0 aliphatic rings. The molecule has 0 amide bonds. The third kappa shape index (κ3) is 3.89. The number of benzene rings is 1. The lowest BCUT2D eigenvalue weighted by Crippen LogP contribution is -2.43. The third-order valence-electron chi connectivity index (χ3n) is 5.45. The van der Waals surface area contributed by atoms with Crippen LogP contribution < -0.4 is 10.6 Å². The summed E-state index contributed by atoms with van der Waals surface area (Å²) in [5.41, 5.74) is 2.36. The number of rotatable bonds is 8. The second kappa shape index (κ2) is 7.94. The fourth-order valence-electron chi connectivity index (χ4n) is 3.83. The number of H-pyrrole nitrogens is 1. The molecule has 3 heterocycles. The molecule has 0 spiro atoms. The molecular formula is C22H27N5O2. The summed E-state index contributed by atoms with van der Waals surface area (Å²) in [6.07, 6.45) is 6.65. The van der Waals surface area contributed by atoms with Gasteiger partial charge in [-0.2, -0.15) is 0 Å². The number of fused-ring (bicyclic) bond motifs is 4. The van der Waals surface area contributed by atoms with Crippen LogP contribution in [0.4, 0.5) is 5.82 Å². The van der Waals surface area contributed by atoms with Crippen LogP contribution in [0.25, 0.3) is 32.6 Å². The SMILES string of the molecule is Cc1c2ccnc(NCCCNC(C)(O)CCO)c2cc2c1[nH]c1ccncc12. The molecule has 0 saturated carbocycles. The highest BCUT2D eigenvalue weighted by Crippen LogP contribution is 2.34. The molecule has 7 heteroatoms. The summed E-state index contributed by atoms with van der Waals surface area (Å²) in [5.74, 6) is 0.854. The molecule has 1 atom stereocenters. The zero-order valence-corrected chi connectivity index (χ0v) is 16.8. The second-order valence-electron chi connectivity index (χ2n) is 7.68. The number of aryl methyl sites for hydroxylation is 1. The fourth-order valence-corrected chi connectivity index (χ4v) is 3.83. The van der Waals surface area contributed by atoms with Crippen LogP contribution >= 0.6 is 0 Å². The van der Waals surface area contributed by atoms with E-state index in [1.807, 2.05) is 24.5 Å². The molecule has 1 aromatic carbocycles. The van der Waals surface area contributed by atoms with Gasteiger partial charge < -0.3 is 20.5 Å². The molecule has 4 aromatic rings. The average Bonchev–Trinajstić information content (AvgIpc) is 3.07. The van der Waals surface area contributed by atoms with Crippen LogP contribution in [0.15, 0.2) is 36.8 Å². The predicted molar refractivity (Wildman–Crippen MR) is 117 cm³/mol. The number of nitrogens with one attached hydrogen (secondary N) is 3. The van der Waals surface area contributed by atoms with Gasteiger partial charge in [0.2, 0.25) is 0 Å². The van der Waals surface area contributed by atoms with Crippen molar-refractivity contribution in [2.75, 3.05) is 25.0 Å². The summed E-state index contributed by atoms with van der Waals surface area (Å²) in [6, 6.07) is 6.22. The van der Waals surface area contributed by atoms with Crippen molar-refractivity contribution in [3.63, 3.8) is 0 Å². The van der Waals surface area contributed by atoms with Gasteiger partial charge in [0, 0.05) is 59.8 Å². The highest BCUT2D eigenvalue weighted by atomic mass is 16.3. The average molecular weight is 393 g/mol. The van der Waals surface area contributed by atoms with E-state index in [9.17, 15) is 5.11 Å². The smallest absolute Gasteiger partial charge is 0.133 e. The molecular weight excluding hydrogens is 366 g/mol. The van der Waals surface area contributed by atoms with Crippen molar-refractivity contribution in [3.8, 4) is 0 Å². The molecule has 0 aliphatic heterocycles. The van der Waals surface area contributed by atoms with E-state index in [2.05, 4.69) is 38.6 Å². The van der Waals surface area contributed by atoms with E-state index in [1.54, 1.807) is 13.1 Å². The molecule has 0 radical (unpaired) electrons. The van der Waals surface area contributed by atoms with Crippen LogP contribution in [0.5, 0.6) is 0 Å². The van der Waals surface area contributed by atoms with E-state index < -0.39 is 5.72 Å². The quantitative estimate of drug-likeness (QED) is 0.233. The minimum absolute atomic E-state index is 0.0463. The van der Waals surface area contributed by atoms with Crippen LogP contribution in [0.2, 0.25) is 0 Å². The lowest BCUT2D eigenvalue weighted by atomic mass is 10.0. The van der Waals surface area contributed by atoms with E-state index in [0.29, 0.717) is 13.0 Å². The minimum Gasteiger partial charge on any atom is -0.396 e. The normalized spacial score (nSPS) is 13.9. The highest BCUT2D eigenvalue weighted by Gasteiger charge is 2.17. The Kier molecular flexibility index (Phi) is 5.36. The van der Waals surface area contributed by atoms with Gasteiger partial charge in [-0.25, -0.2) is 4.98 Å². The van der Waals surface area contributed by atoms with Gasteiger partial charge in [-0.1, -0.05) is 0 Å². The molecule has 0 saturated heterocycles. The molecule has 0 aliphatic carbocycles. The molecule has 0 fully saturated rings. The fraction of sp³-hybridized carbons (Fsp3) is 0.364. The van der Waals surface area contributed by atoms with Gasteiger partial charge in [0.1, 0.15) is 11.5 Å². The zero-order chi connectivity index (χ0) is 20.4. The van der Waals surface area contributed by atoms with E-state index in [0.717, 1.165) is 46.0 Å². The summed E-state index contributed by atoms with van der Waals surface area (Å²) in [6.45, 7) is 5.12. The predicted octanol–water partition coefficient (Wildman–Crippen LogP) is 3.06. The minimum atomic E-state index is -1.04. The first-order chi connectivity index (χ1) is 14.0. The Balaban J connectivity index is 1.57. The number of nitrogens with zero attached hydrogens (tertiary/aromatic N) is 2. The molecule has 29 heavy (non-hydrogen) atoms. The number of aromatic amines is 1. The number of anilines is 1. The van der Waals surface area contributed by atoms with Crippen LogP contribution in [0.1, 0.15) is 25.3 Å². The van der Waals surface area contributed by atoms with Crippen molar-refractivity contribution in [3.05, 3.63) is 42.4 Å². The standard InChI is InChI=1S/C22H27N5O2/c1-14-15-4-10-25-21(24-7-3-8-26-22(2,29)6-11-28)17(15)12-16-18-13-23-9-5-19(18)27-20(14)16/h4-5,9-10,12-13,26-29H,3,6-8,11H2,1-2H3,(H,24,25). The molecule has 0 bridgehead atoms. The van der Waals surface area contributed by atoms with Crippen molar-refractivity contribution in [1.82, 2.24) is 20.3 Å². The molecule has 4 rings (SSSR count). The van der Waals surface area contributed by atoms with Gasteiger partial charge in [0.15, 0.2) is 0 Å². The Morgan fingerprint density at radius 2 is 1.97 bits per heavy atom. The van der Waals surface area contributed by atoms with Crippen molar-refractivity contribution in [2.45, 2.75) is 32.4 Å². The lowest BCUT2D eigenvalue weighted by molar-refractivity contribution is 0.00179. The summed E-state index contributed by atoms with van der Waals surface area (Å²) in [7, 11) is 0. The Hall–Kier alpha value is -2.74. The number of hydrogen-bond donors (Lipinski definition) is 5. The summed E-state index contributed by atoms with van der Waals surface area (Å²) in [5, 5.41) is 30.0. The zero-order valence-electron chi connectivity index (χ0n) is 16.8. The number of aromatic nitrogens is 3. The maximum atomic E-state index is 10.1. The number of aliphatic hydroxyl groups excluding tert-OH is 1. The Labute approximate surface area is 169 Å². The van der Waals surface area contributed by atoms with Gasteiger partial charge in [-0.3, -0.25) is 10.3 Å². The van der Waals surface area contributed by atoms with Crippen LogP contribution in [-0.4, -0.2) is 50.6 Å². The van der Waals surface area contributed by atoms with Crippen LogP contribution in [-0.2, 0) is 0 Å². The third-order valence-corrected chi connectivity index (χ3v) is 5.45. The van der Waals surface area contributed by atoms with Crippen molar-refractivity contribution in [2.24, 2.45) is 0 Å². The Bertz CT molecular complexity index is 1150. The Morgan fingerprint density at radius 3 is 2.79 bits per heavy atom. The largest absolute Gasteiger partial charge is 0.396 e. The highest BCUT2D eigenvalue weighted by molar-refractivity contribution is 6.15. The van der Waals surface area contributed by atoms with Crippen LogP contribution in [0.3, 0.4) is 0 Å². The summed E-state index contributed by atoms with van der Waals surface area (Å²) in [4.78, 5) is 12.3. The summed E-state index contributed by atoms with van der Waals surface area (Å²) >= 11 is 0. The number of hydrogen-bond acceptors (Lipinski definition) is 6. The van der Waals surface area contributed by atoms with E-state index in [-0.39, 0.29) is 6.61 Å². The van der Waals surface area contributed by atoms with E-state index in [1.165, 1.54) is 10.9 Å². The monoisotopic (exact) mass is 393 g/mol. The number of pyridine rings is 2. The van der Waals surface area contributed by atoms with Gasteiger partial charge in [-0.05, 0) is 56.0 Å². The topological polar surface area (TPSA) is 106 Å². The van der Waals surface area contributed by atoms with Crippen molar-refractivity contribution in [1.29, 1.82) is 0 Å². The van der Waals surface area contributed by atoms with E-state index >= 15 is 0 Å². The van der Waals surface area contributed by atoms with Gasteiger partial charge in [-0.15, -0.1) is 0 Å². The second-order valence-corrected chi connectivity index (χ2v) is 7.68. The Morgan fingerprint density at radius 1 is 1.10 bits per heavy atom. The first kappa shape index (κ1) is 19.6. The van der Waals surface area contributed by atoms with E-state index in [4.69, 9.17) is 5.11 Å². The van der Waals surface area contributed by atoms with Crippen molar-refractivity contribution < 1.29 is 10.2 Å². The molecule has 1 unspecified atom stereocenters. The maximum Gasteiger partial charge on any atom is 0.133 e. The summed E-state index contributed by atoms with van der Waals surface area (Å²) < 4.78 is 0. The van der Waals surface area contributed by atoms with Gasteiger partial charge in [0.25, 0.3) is 0 Å². The van der Waals surface area contributed by atoms with Crippen molar-refractivity contribution >= 4 is 38.4 Å².